The van der Waals surface area contributed by atoms with Gasteiger partial charge in [-0.15, -0.1) is 0 Å². The molecule has 2 aromatic rings. The maximum atomic E-state index is 5.76. The Kier molecular flexibility index (Phi) is 3.22. The fourth-order valence-electron chi connectivity index (χ4n) is 2.19. The van der Waals surface area contributed by atoms with Gasteiger partial charge in [-0.1, -0.05) is 0 Å². The highest BCUT2D eigenvalue weighted by atomic mass is 79.9. The SMILES string of the molecule is COc1ccc2c(Br)nn(C3CCCCO3)c2n1. The van der Waals surface area contributed by atoms with Crippen molar-refractivity contribution in [1.29, 1.82) is 0 Å². The van der Waals surface area contributed by atoms with Crippen molar-refractivity contribution in [1.82, 2.24) is 14.8 Å². The van der Waals surface area contributed by atoms with Crippen molar-refractivity contribution in [3.8, 4) is 5.88 Å². The van der Waals surface area contributed by atoms with E-state index >= 15 is 0 Å². The number of pyridine rings is 1. The third kappa shape index (κ3) is 1.99. The number of aromatic nitrogens is 3. The molecule has 5 nitrogen and oxygen atoms in total. The molecule has 1 saturated heterocycles. The summed E-state index contributed by atoms with van der Waals surface area (Å²) >= 11 is 3.46. The molecule has 0 radical (unpaired) electrons. The van der Waals surface area contributed by atoms with E-state index in [4.69, 9.17) is 9.47 Å². The molecule has 0 saturated carbocycles. The average molecular weight is 312 g/mol. The minimum absolute atomic E-state index is 0.0212. The molecule has 1 unspecified atom stereocenters. The van der Waals surface area contributed by atoms with E-state index in [2.05, 4.69) is 26.0 Å². The van der Waals surface area contributed by atoms with Crippen molar-refractivity contribution in [2.75, 3.05) is 13.7 Å². The topological polar surface area (TPSA) is 49.2 Å². The minimum atomic E-state index is -0.0212. The summed E-state index contributed by atoms with van der Waals surface area (Å²) in [5.74, 6) is 0.590. The van der Waals surface area contributed by atoms with E-state index in [1.54, 1.807) is 7.11 Å². The van der Waals surface area contributed by atoms with Crippen LogP contribution in [0.2, 0.25) is 0 Å². The summed E-state index contributed by atoms with van der Waals surface area (Å²) in [7, 11) is 1.61. The van der Waals surface area contributed by atoms with Gasteiger partial charge in [0.25, 0.3) is 0 Å². The van der Waals surface area contributed by atoms with Crippen molar-refractivity contribution in [2.24, 2.45) is 0 Å². The van der Waals surface area contributed by atoms with Crippen LogP contribution in [0.15, 0.2) is 16.7 Å². The van der Waals surface area contributed by atoms with Crippen LogP contribution in [0.5, 0.6) is 5.88 Å². The molecule has 1 aliphatic rings. The zero-order valence-corrected chi connectivity index (χ0v) is 11.7. The van der Waals surface area contributed by atoms with Crippen LogP contribution >= 0.6 is 15.9 Å². The van der Waals surface area contributed by atoms with Gasteiger partial charge in [-0.25, -0.2) is 4.68 Å². The van der Waals surface area contributed by atoms with Crippen LogP contribution in [0.25, 0.3) is 11.0 Å². The lowest BCUT2D eigenvalue weighted by Gasteiger charge is -2.22. The maximum Gasteiger partial charge on any atom is 0.214 e. The van der Waals surface area contributed by atoms with Gasteiger partial charge in [-0.05, 0) is 41.3 Å². The summed E-state index contributed by atoms with van der Waals surface area (Å²) in [4.78, 5) is 4.46. The smallest absolute Gasteiger partial charge is 0.214 e. The number of methoxy groups -OCH3 is 1. The predicted octanol–water partition coefficient (Wildman–Crippen LogP) is 2.90. The predicted molar refractivity (Wildman–Crippen MR) is 70.6 cm³/mol. The highest BCUT2D eigenvalue weighted by Gasteiger charge is 2.21. The zero-order chi connectivity index (χ0) is 12.5. The second-order valence-corrected chi connectivity index (χ2v) is 5.03. The lowest BCUT2D eigenvalue weighted by molar-refractivity contribution is -0.0372. The number of halogens is 1. The van der Waals surface area contributed by atoms with Gasteiger partial charge < -0.3 is 9.47 Å². The van der Waals surface area contributed by atoms with Crippen molar-refractivity contribution in [2.45, 2.75) is 25.5 Å². The fraction of sp³-hybridized carbons (Fsp3) is 0.500. The summed E-state index contributed by atoms with van der Waals surface area (Å²) in [6.45, 7) is 0.785. The molecular weight excluding hydrogens is 298 g/mol. The van der Waals surface area contributed by atoms with Crippen LogP contribution in [0.1, 0.15) is 25.5 Å². The first-order chi connectivity index (χ1) is 8.79. The van der Waals surface area contributed by atoms with Crippen molar-refractivity contribution in [3.63, 3.8) is 0 Å². The van der Waals surface area contributed by atoms with E-state index in [0.717, 1.165) is 41.5 Å². The van der Waals surface area contributed by atoms with E-state index in [-0.39, 0.29) is 6.23 Å². The number of ether oxygens (including phenoxy) is 2. The van der Waals surface area contributed by atoms with Gasteiger partial charge in [0.2, 0.25) is 5.88 Å². The van der Waals surface area contributed by atoms with Crippen molar-refractivity contribution in [3.05, 3.63) is 16.7 Å². The third-order valence-electron chi connectivity index (χ3n) is 3.12. The Bertz CT molecular complexity index is 564. The maximum absolute atomic E-state index is 5.76. The Morgan fingerprint density at radius 3 is 3.06 bits per heavy atom. The van der Waals surface area contributed by atoms with Gasteiger partial charge in [-0.2, -0.15) is 10.1 Å². The Morgan fingerprint density at radius 1 is 1.44 bits per heavy atom. The van der Waals surface area contributed by atoms with Crippen LogP contribution in [0.3, 0.4) is 0 Å². The second kappa shape index (κ2) is 4.85. The molecule has 1 atom stereocenters. The molecule has 0 aromatic carbocycles. The molecule has 96 valence electrons. The number of nitrogens with zero attached hydrogens (tertiary/aromatic N) is 3. The summed E-state index contributed by atoms with van der Waals surface area (Å²) in [6, 6.07) is 3.79. The highest BCUT2D eigenvalue weighted by Crippen LogP contribution is 2.30. The molecule has 6 heteroatoms. The molecule has 2 aromatic heterocycles. The first-order valence-electron chi connectivity index (χ1n) is 6.00. The van der Waals surface area contributed by atoms with Gasteiger partial charge in [-0.3, -0.25) is 0 Å². The Labute approximate surface area is 113 Å². The van der Waals surface area contributed by atoms with Gasteiger partial charge >= 0.3 is 0 Å². The molecule has 0 aliphatic carbocycles. The number of fused-ring (bicyclic) bond motifs is 1. The fourth-order valence-corrected chi connectivity index (χ4v) is 2.67. The van der Waals surface area contributed by atoms with Crippen molar-refractivity contribution >= 4 is 27.0 Å². The quantitative estimate of drug-likeness (QED) is 0.855. The molecule has 1 aliphatic heterocycles. The van der Waals surface area contributed by atoms with Crippen LogP contribution in [-0.4, -0.2) is 28.5 Å². The lowest BCUT2D eigenvalue weighted by atomic mass is 10.2. The van der Waals surface area contributed by atoms with E-state index < -0.39 is 0 Å². The van der Waals surface area contributed by atoms with Crippen LogP contribution in [0.4, 0.5) is 0 Å². The second-order valence-electron chi connectivity index (χ2n) is 4.28. The van der Waals surface area contributed by atoms with Crippen LogP contribution in [0, 0.1) is 0 Å². The normalized spacial score (nSPS) is 20.2. The molecule has 0 amide bonds. The molecule has 18 heavy (non-hydrogen) atoms. The van der Waals surface area contributed by atoms with Gasteiger partial charge in [0.1, 0.15) is 4.60 Å². The number of hydrogen-bond acceptors (Lipinski definition) is 4. The minimum Gasteiger partial charge on any atom is -0.481 e. The first kappa shape index (κ1) is 11.9. The largest absolute Gasteiger partial charge is 0.481 e. The number of rotatable bonds is 2. The Balaban J connectivity index is 2.09. The molecule has 3 heterocycles. The highest BCUT2D eigenvalue weighted by molar-refractivity contribution is 9.10. The summed E-state index contributed by atoms with van der Waals surface area (Å²) in [5, 5.41) is 5.46. The zero-order valence-electron chi connectivity index (χ0n) is 10.1. The molecular formula is C12H14BrN3O2. The molecule has 1 fully saturated rings. The average Bonchev–Trinajstić information content (AvgIpc) is 2.76. The third-order valence-corrected chi connectivity index (χ3v) is 3.71. The first-order valence-corrected chi connectivity index (χ1v) is 6.79. The van der Waals surface area contributed by atoms with E-state index in [9.17, 15) is 0 Å². The Hall–Kier alpha value is -1.14. The Morgan fingerprint density at radius 2 is 2.33 bits per heavy atom. The van der Waals surface area contributed by atoms with Gasteiger partial charge in [0.15, 0.2) is 11.9 Å². The summed E-state index contributed by atoms with van der Waals surface area (Å²) in [5.41, 5.74) is 0.799. The van der Waals surface area contributed by atoms with E-state index in [1.807, 2.05) is 16.8 Å². The van der Waals surface area contributed by atoms with Crippen LogP contribution in [-0.2, 0) is 4.74 Å². The van der Waals surface area contributed by atoms with E-state index in [1.165, 1.54) is 0 Å². The monoisotopic (exact) mass is 311 g/mol. The van der Waals surface area contributed by atoms with Crippen molar-refractivity contribution < 1.29 is 9.47 Å². The lowest BCUT2D eigenvalue weighted by Crippen LogP contribution is -2.19. The molecule has 0 N–H and O–H groups in total. The van der Waals surface area contributed by atoms with E-state index in [0.29, 0.717) is 5.88 Å². The molecule has 0 spiro atoms. The molecule has 0 bridgehead atoms. The summed E-state index contributed by atoms with van der Waals surface area (Å²) < 4.78 is 13.6. The van der Waals surface area contributed by atoms with Gasteiger partial charge in [0.05, 0.1) is 12.5 Å². The summed E-state index contributed by atoms with van der Waals surface area (Å²) in [6.07, 6.45) is 3.23. The standard InChI is InChI=1S/C12H14BrN3O2/c1-17-9-6-5-8-11(13)15-16(12(8)14-9)10-4-2-3-7-18-10/h5-6,10H,2-4,7H2,1H3. The van der Waals surface area contributed by atoms with Gasteiger partial charge in [0, 0.05) is 12.7 Å². The van der Waals surface area contributed by atoms with Crippen LogP contribution < -0.4 is 4.74 Å². The number of hydrogen-bond donors (Lipinski definition) is 0. The molecule has 3 rings (SSSR count).